The van der Waals surface area contributed by atoms with Crippen molar-refractivity contribution in [1.82, 2.24) is 10.2 Å². The number of nitrogens with one attached hydrogen (secondary N) is 1. The number of methoxy groups -OCH3 is 1. The lowest BCUT2D eigenvalue weighted by Gasteiger charge is -2.32. The molecule has 6 heteroatoms. The van der Waals surface area contributed by atoms with E-state index in [4.69, 9.17) is 14.2 Å². The van der Waals surface area contributed by atoms with Gasteiger partial charge in [0.2, 0.25) is 5.91 Å². The van der Waals surface area contributed by atoms with Crippen molar-refractivity contribution in [2.75, 3.05) is 33.4 Å². The first kappa shape index (κ1) is 20.5. The van der Waals surface area contributed by atoms with Crippen LogP contribution in [0.2, 0.25) is 0 Å². The maximum absolute atomic E-state index is 12.8. The van der Waals surface area contributed by atoms with Crippen molar-refractivity contribution in [3.63, 3.8) is 0 Å². The number of nitrogens with zero attached hydrogens (tertiary/aromatic N) is 1. The predicted molar refractivity (Wildman–Crippen MR) is 115 cm³/mol. The van der Waals surface area contributed by atoms with Crippen LogP contribution in [0.25, 0.3) is 0 Å². The molecule has 2 aliphatic rings. The van der Waals surface area contributed by atoms with Crippen LogP contribution in [0.15, 0.2) is 42.5 Å². The normalized spacial score (nSPS) is 17.9. The van der Waals surface area contributed by atoms with Gasteiger partial charge in [0.15, 0.2) is 11.5 Å². The highest BCUT2D eigenvalue weighted by Crippen LogP contribution is 2.33. The number of benzene rings is 2. The maximum atomic E-state index is 12.8. The third-order valence-corrected chi connectivity index (χ3v) is 5.97. The average molecular weight is 411 g/mol. The highest BCUT2D eigenvalue weighted by molar-refractivity contribution is 5.79. The van der Waals surface area contributed by atoms with Gasteiger partial charge in [0.25, 0.3) is 0 Å². The number of hydrogen-bond donors (Lipinski definition) is 1. The van der Waals surface area contributed by atoms with E-state index in [9.17, 15) is 4.79 Å². The largest absolute Gasteiger partial charge is 0.496 e. The van der Waals surface area contributed by atoms with Gasteiger partial charge in [0.05, 0.1) is 13.2 Å². The Kier molecular flexibility index (Phi) is 6.43. The number of hydrogen-bond acceptors (Lipinski definition) is 5. The standard InChI is InChI=1S/C24H30N2O4/c1-17(19-7-8-22-23(15-19)30-14-13-29-22)25-24(27)18-9-11-26(12-10-18)16-20-5-3-4-6-21(20)28-2/h3-8,15,17-18H,9-14,16H2,1-2H3,(H,25,27). The zero-order valence-electron chi connectivity index (χ0n) is 17.7. The number of para-hydroxylation sites is 1. The van der Waals surface area contributed by atoms with Gasteiger partial charge < -0.3 is 19.5 Å². The minimum absolute atomic E-state index is 0.0542. The first-order chi connectivity index (χ1) is 14.6. The van der Waals surface area contributed by atoms with E-state index in [2.05, 4.69) is 16.3 Å². The van der Waals surface area contributed by atoms with Crippen molar-refractivity contribution < 1.29 is 19.0 Å². The Hall–Kier alpha value is -2.73. The molecule has 1 saturated heterocycles. The van der Waals surface area contributed by atoms with Crippen LogP contribution in [0.5, 0.6) is 17.2 Å². The number of rotatable bonds is 6. The lowest BCUT2D eigenvalue weighted by atomic mass is 9.94. The molecule has 2 aromatic carbocycles. The van der Waals surface area contributed by atoms with Crippen LogP contribution in [0.1, 0.15) is 36.9 Å². The van der Waals surface area contributed by atoms with Crippen LogP contribution in [-0.4, -0.2) is 44.2 Å². The van der Waals surface area contributed by atoms with Crippen molar-refractivity contribution in [2.45, 2.75) is 32.4 Å². The van der Waals surface area contributed by atoms with Crippen LogP contribution in [-0.2, 0) is 11.3 Å². The quantitative estimate of drug-likeness (QED) is 0.789. The SMILES string of the molecule is COc1ccccc1CN1CCC(C(=O)NC(C)c2ccc3c(c2)OCCO3)CC1. The zero-order valence-corrected chi connectivity index (χ0v) is 17.7. The number of amides is 1. The molecule has 1 unspecified atom stereocenters. The van der Waals surface area contributed by atoms with Crippen molar-refractivity contribution in [2.24, 2.45) is 5.92 Å². The lowest BCUT2D eigenvalue weighted by Crippen LogP contribution is -2.40. The molecular weight excluding hydrogens is 380 g/mol. The summed E-state index contributed by atoms with van der Waals surface area (Å²) in [5.41, 5.74) is 2.22. The van der Waals surface area contributed by atoms with Crippen molar-refractivity contribution >= 4 is 5.91 Å². The van der Waals surface area contributed by atoms with Gasteiger partial charge in [-0.2, -0.15) is 0 Å². The summed E-state index contributed by atoms with van der Waals surface area (Å²) in [6.45, 7) is 5.83. The molecule has 2 heterocycles. The van der Waals surface area contributed by atoms with Gasteiger partial charge in [-0.1, -0.05) is 24.3 Å². The van der Waals surface area contributed by atoms with Crippen molar-refractivity contribution in [1.29, 1.82) is 0 Å². The van der Waals surface area contributed by atoms with Gasteiger partial charge in [-0.15, -0.1) is 0 Å². The van der Waals surface area contributed by atoms with Crippen molar-refractivity contribution in [3.05, 3.63) is 53.6 Å². The molecule has 0 spiro atoms. The second-order valence-corrected chi connectivity index (χ2v) is 8.00. The fourth-order valence-electron chi connectivity index (χ4n) is 4.17. The molecule has 4 rings (SSSR count). The summed E-state index contributed by atoms with van der Waals surface area (Å²) in [5, 5.41) is 3.18. The molecule has 0 aliphatic carbocycles. The van der Waals surface area contributed by atoms with Crippen LogP contribution in [0, 0.1) is 5.92 Å². The third-order valence-electron chi connectivity index (χ3n) is 5.97. The molecule has 160 valence electrons. The molecule has 1 fully saturated rings. The lowest BCUT2D eigenvalue weighted by molar-refractivity contribution is -0.127. The summed E-state index contributed by atoms with van der Waals surface area (Å²) in [4.78, 5) is 15.2. The van der Waals surface area contributed by atoms with E-state index in [1.165, 1.54) is 5.56 Å². The number of carbonyl (C=O) groups is 1. The zero-order chi connectivity index (χ0) is 20.9. The Morgan fingerprint density at radius 2 is 1.87 bits per heavy atom. The third kappa shape index (κ3) is 4.70. The summed E-state index contributed by atoms with van der Waals surface area (Å²) in [5.74, 6) is 2.63. The predicted octanol–water partition coefficient (Wildman–Crippen LogP) is 3.56. The second kappa shape index (κ2) is 9.39. The Balaban J connectivity index is 1.29. The Labute approximate surface area is 178 Å². The molecular formula is C24H30N2O4. The van der Waals surface area contributed by atoms with Crippen LogP contribution < -0.4 is 19.5 Å². The number of fused-ring (bicyclic) bond motifs is 1. The van der Waals surface area contributed by atoms with E-state index in [0.29, 0.717) is 13.2 Å². The fourth-order valence-corrected chi connectivity index (χ4v) is 4.17. The average Bonchev–Trinajstić information content (AvgIpc) is 2.79. The van der Waals surface area contributed by atoms with Gasteiger partial charge in [-0.05, 0) is 56.6 Å². The number of piperidine rings is 1. The summed E-state index contributed by atoms with van der Waals surface area (Å²) in [7, 11) is 1.71. The molecule has 30 heavy (non-hydrogen) atoms. The first-order valence-corrected chi connectivity index (χ1v) is 10.7. The highest BCUT2D eigenvalue weighted by atomic mass is 16.6. The van der Waals surface area contributed by atoms with E-state index in [1.54, 1.807) is 7.11 Å². The van der Waals surface area contributed by atoms with Crippen LogP contribution >= 0.6 is 0 Å². The summed E-state index contributed by atoms with van der Waals surface area (Å²) in [6.07, 6.45) is 1.74. The molecule has 0 bridgehead atoms. The van der Waals surface area contributed by atoms with Gasteiger partial charge in [-0.25, -0.2) is 0 Å². The monoisotopic (exact) mass is 410 g/mol. The topological polar surface area (TPSA) is 60.0 Å². The van der Waals surface area contributed by atoms with E-state index in [0.717, 1.165) is 55.3 Å². The second-order valence-electron chi connectivity index (χ2n) is 8.00. The molecule has 0 aromatic heterocycles. The molecule has 6 nitrogen and oxygen atoms in total. The van der Waals surface area contributed by atoms with E-state index < -0.39 is 0 Å². The first-order valence-electron chi connectivity index (χ1n) is 10.7. The molecule has 2 aliphatic heterocycles. The van der Waals surface area contributed by atoms with Crippen LogP contribution in [0.3, 0.4) is 0 Å². The van der Waals surface area contributed by atoms with E-state index in [-0.39, 0.29) is 17.9 Å². The Morgan fingerprint density at radius 3 is 2.63 bits per heavy atom. The van der Waals surface area contributed by atoms with Gasteiger partial charge in [0, 0.05) is 18.0 Å². The number of carbonyl (C=O) groups excluding carboxylic acids is 1. The summed E-state index contributed by atoms with van der Waals surface area (Å²) in [6, 6.07) is 13.9. The Bertz CT molecular complexity index is 877. The fraction of sp³-hybridized carbons (Fsp3) is 0.458. The molecule has 1 atom stereocenters. The number of ether oxygens (including phenoxy) is 3. The van der Waals surface area contributed by atoms with E-state index in [1.807, 2.05) is 43.3 Å². The molecule has 2 aromatic rings. The van der Waals surface area contributed by atoms with Gasteiger partial charge in [0.1, 0.15) is 19.0 Å². The smallest absolute Gasteiger partial charge is 0.223 e. The van der Waals surface area contributed by atoms with E-state index >= 15 is 0 Å². The number of likely N-dealkylation sites (tertiary alicyclic amines) is 1. The minimum atomic E-state index is -0.0695. The molecule has 0 radical (unpaired) electrons. The van der Waals surface area contributed by atoms with Gasteiger partial charge in [-0.3, -0.25) is 9.69 Å². The highest BCUT2D eigenvalue weighted by Gasteiger charge is 2.26. The van der Waals surface area contributed by atoms with Gasteiger partial charge >= 0.3 is 0 Å². The van der Waals surface area contributed by atoms with Crippen molar-refractivity contribution in [3.8, 4) is 17.2 Å². The maximum Gasteiger partial charge on any atom is 0.223 e. The summed E-state index contributed by atoms with van der Waals surface area (Å²) >= 11 is 0. The van der Waals surface area contributed by atoms with Crippen LogP contribution in [0.4, 0.5) is 0 Å². The molecule has 0 saturated carbocycles. The molecule has 1 amide bonds. The molecule has 1 N–H and O–H groups in total. The Morgan fingerprint density at radius 1 is 1.13 bits per heavy atom. The summed E-state index contributed by atoms with van der Waals surface area (Å²) < 4.78 is 16.7. The minimum Gasteiger partial charge on any atom is -0.496 e.